The summed E-state index contributed by atoms with van der Waals surface area (Å²) in [5.41, 5.74) is 0. The lowest BCUT2D eigenvalue weighted by Gasteiger charge is -2.18. The van der Waals surface area contributed by atoms with E-state index in [0.717, 1.165) is 44.9 Å². The van der Waals surface area contributed by atoms with Crippen LogP contribution >= 0.6 is 7.82 Å². The van der Waals surface area contributed by atoms with Gasteiger partial charge < -0.3 is 24.4 Å². The van der Waals surface area contributed by atoms with E-state index < -0.39 is 38.6 Å². The van der Waals surface area contributed by atoms with Crippen molar-refractivity contribution < 1.29 is 47.8 Å². The number of allylic oxidation sites excluding steroid dienone is 13. The molecule has 54 heavy (non-hydrogen) atoms. The van der Waals surface area contributed by atoms with Gasteiger partial charge in [0.2, 0.25) is 0 Å². The molecule has 0 spiro atoms. The summed E-state index contributed by atoms with van der Waals surface area (Å²) in [7, 11) is -4.82. The molecule has 0 unspecified atom stereocenters. The number of aliphatic hydroxyl groups is 1. The maximum Gasteiger partial charge on any atom is 0.469 e. The van der Waals surface area contributed by atoms with Gasteiger partial charge in [-0.3, -0.25) is 18.9 Å². The number of esters is 2. The van der Waals surface area contributed by atoms with E-state index in [4.69, 9.17) is 19.3 Å². The predicted molar refractivity (Wildman–Crippen MR) is 215 cm³/mol. The van der Waals surface area contributed by atoms with Crippen LogP contribution in [0.2, 0.25) is 0 Å². The number of phosphoric acid groups is 1. The number of aliphatic hydroxyl groups excluding tert-OH is 1. The maximum absolute atomic E-state index is 12.4. The molecule has 0 aromatic heterocycles. The van der Waals surface area contributed by atoms with Crippen LogP contribution in [0.1, 0.15) is 129 Å². The van der Waals surface area contributed by atoms with Crippen LogP contribution < -0.4 is 0 Å². The zero-order valence-corrected chi connectivity index (χ0v) is 33.6. The minimum absolute atomic E-state index is 0.0205. The minimum Gasteiger partial charge on any atom is -0.462 e. The summed E-state index contributed by atoms with van der Waals surface area (Å²) in [5.74, 6) is -1.34. The second-order valence-electron chi connectivity index (χ2n) is 13.6. The van der Waals surface area contributed by atoms with Crippen molar-refractivity contribution in [1.29, 1.82) is 0 Å². The molecule has 0 saturated heterocycles. The number of hydrogen-bond donors (Lipinski definition) is 3. The van der Waals surface area contributed by atoms with Gasteiger partial charge in [0.25, 0.3) is 0 Å². The molecule has 0 heterocycles. The number of unbranched alkanes of at least 4 members (excludes halogenated alkanes) is 7. The lowest BCUT2D eigenvalue weighted by Crippen LogP contribution is -2.29. The Bertz CT molecular complexity index is 1290. The molecule has 0 fully saturated rings. The number of hydrogen-bond acceptors (Lipinski definition) is 8. The van der Waals surface area contributed by atoms with E-state index in [9.17, 15) is 24.1 Å². The maximum atomic E-state index is 12.4. The Morgan fingerprint density at radius 3 is 1.93 bits per heavy atom. The number of phosphoric ester groups is 1. The summed E-state index contributed by atoms with van der Waals surface area (Å²) in [5, 5.41) is 10.2. The van der Waals surface area contributed by atoms with Crippen molar-refractivity contribution in [1.82, 2.24) is 0 Å². The van der Waals surface area contributed by atoms with E-state index in [1.165, 1.54) is 19.3 Å². The second kappa shape index (κ2) is 32.1. The summed E-state index contributed by atoms with van der Waals surface area (Å²) < 4.78 is 26.3. The molecule has 304 valence electrons. The van der Waals surface area contributed by atoms with Gasteiger partial charge in [0.1, 0.15) is 6.61 Å². The fraction of sp³-hybridized carbons (Fsp3) is 0.605. The summed E-state index contributed by atoms with van der Waals surface area (Å²) in [6, 6.07) is 0. The molecular weight excluding hydrogens is 707 g/mol. The zero-order valence-electron chi connectivity index (χ0n) is 32.7. The molecule has 3 N–H and O–H groups in total. The highest BCUT2D eigenvalue weighted by Crippen LogP contribution is 2.36. The highest BCUT2D eigenvalue weighted by molar-refractivity contribution is 7.46. The zero-order chi connectivity index (χ0) is 39.7. The molecular formula is C43H67O10P. The highest BCUT2D eigenvalue weighted by atomic mass is 31.2. The third-order valence-corrected chi connectivity index (χ3v) is 9.12. The van der Waals surface area contributed by atoms with Crippen LogP contribution in [0.25, 0.3) is 0 Å². The van der Waals surface area contributed by atoms with Crippen molar-refractivity contribution in [3.63, 3.8) is 0 Å². The third kappa shape index (κ3) is 28.3. The van der Waals surface area contributed by atoms with Crippen LogP contribution in [-0.4, -0.2) is 58.0 Å². The number of ketones is 1. The van der Waals surface area contributed by atoms with E-state index >= 15 is 0 Å². The fourth-order valence-electron chi connectivity index (χ4n) is 5.53. The normalized spacial score (nSPS) is 17.8. The predicted octanol–water partition coefficient (Wildman–Crippen LogP) is 9.68. The van der Waals surface area contributed by atoms with Crippen LogP contribution in [0, 0.1) is 11.8 Å². The van der Waals surface area contributed by atoms with Crippen LogP contribution in [0.15, 0.2) is 85.1 Å². The first-order chi connectivity index (χ1) is 26.1. The Morgan fingerprint density at radius 1 is 0.759 bits per heavy atom. The van der Waals surface area contributed by atoms with E-state index in [1.807, 2.05) is 36.5 Å². The molecule has 0 aromatic carbocycles. The third-order valence-electron chi connectivity index (χ3n) is 8.63. The van der Waals surface area contributed by atoms with E-state index in [2.05, 4.69) is 54.8 Å². The Labute approximate surface area is 324 Å². The number of carbonyl (C=O) groups excluding carboxylic acids is 3. The van der Waals surface area contributed by atoms with Crippen LogP contribution in [0.3, 0.4) is 0 Å². The lowest BCUT2D eigenvalue weighted by atomic mass is 9.90. The van der Waals surface area contributed by atoms with Crippen molar-refractivity contribution in [2.45, 2.75) is 142 Å². The molecule has 0 aliphatic heterocycles. The number of rotatable bonds is 32. The summed E-state index contributed by atoms with van der Waals surface area (Å²) in [6.07, 6.45) is 40.8. The molecule has 1 aliphatic carbocycles. The van der Waals surface area contributed by atoms with E-state index in [-0.39, 0.29) is 37.1 Å². The molecule has 0 radical (unpaired) electrons. The van der Waals surface area contributed by atoms with Crippen molar-refractivity contribution in [2.24, 2.45) is 11.8 Å². The van der Waals surface area contributed by atoms with Crippen molar-refractivity contribution in [3.8, 4) is 0 Å². The number of ether oxygens (including phenoxy) is 2. The average Bonchev–Trinajstić information content (AvgIpc) is 3.49. The Hall–Kier alpha value is -3.14. The monoisotopic (exact) mass is 774 g/mol. The molecule has 11 heteroatoms. The van der Waals surface area contributed by atoms with Crippen LogP contribution in [0.5, 0.6) is 0 Å². The molecule has 0 bridgehead atoms. The molecule has 4 atom stereocenters. The average molecular weight is 775 g/mol. The smallest absolute Gasteiger partial charge is 0.462 e. The van der Waals surface area contributed by atoms with E-state index in [0.29, 0.717) is 38.5 Å². The molecule has 0 amide bonds. The van der Waals surface area contributed by atoms with Gasteiger partial charge in [-0.05, 0) is 82.6 Å². The van der Waals surface area contributed by atoms with Gasteiger partial charge in [-0.15, -0.1) is 0 Å². The van der Waals surface area contributed by atoms with Crippen LogP contribution in [0.4, 0.5) is 0 Å². The first kappa shape index (κ1) is 48.9. The summed E-state index contributed by atoms with van der Waals surface area (Å²) in [4.78, 5) is 55.2. The van der Waals surface area contributed by atoms with Crippen LogP contribution in [-0.2, 0) is 32.9 Å². The van der Waals surface area contributed by atoms with E-state index in [1.54, 1.807) is 12.2 Å². The van der Waals surface area contributed by atoms with Crippen molar-refractivity contribution in [3.05, 3.63) is 85.1 Å². The standard InChI is InChI=1S/C43H67O10P/c1-3-5-7-8-9-10-11-12-13-14-15-16-17-18-19-20-26-30-43(47)53-39(36-52-54(48,49)50)35-51-42(46)29-25-22-21-24-27-37-31-34-41(45)40(37)33-32-38(44)28-23-6-4-2/h9-10,12-13,15-16,18-19,21,24,31-34,37-40,44H,3-8,11,14,17,20,22-23,25-30,35-36H2,1-2H3,(H2,48,49,50)/b10-9-,13-12-,16-15-,19-18-,24-21-,33-32+/t37-,38-,39+,40+/m0/s1. The van der Waals surface area contributed by atoms with Gasteiger partial charge >= 0.3 is 19.8 Å². The second-order valence-corrected chi connectivity index (χ2v) is 14.8. The molecule has 1 aliphatic rings. The molecule has 0 saturated carbocycles. The van der Waals surface area contributed by atoms with Gasteiger partial charge in [-0.2, -0.15) is 0 Å². The first-order valence-electron chi connectivity index (χ1n) is 19.9. The summed E-state index contributed by atoms with van der Waals surface area (Å²) >= 11 is 0. The van der Waals surface area contributed by atoms with Gasteiger partial charge in [-0.25, -0.2) is 4.57 Å². The first-order valence-corrected chi connectivity index (χ1v) is 21.5. The largest absolute Gasteiger partial charge is 0.469 e. The molecule has 10 nitrogen and oxygen atoms in total. The van der Waals surface area contributed by atoms with Crippen molar-refractivity contribution in [2.75, 3.05) is 13.2 Å². The SMILES string of the molecule is CCCCC/C=C\C/C=C\C/C=C\C/C=C\CCCC(=O)O[C@H](COC(=O)CCC/C=C\C[C@H]1C=CC(=O)[C@@H]1/C=C/[C@@H](O)CCCCC)COP(=O)(O)O. The van der Waals surface area contributed by atoms with Gasteiger partial charge in [-0.1, -0.05) is 125 Å². The molecule has 0 aromatic rings. The minimum atomic E-state index is -4.82. The quantitative estimate of drug-likeness (QED) is 0.0260. The molecule has 1 rings (SSSR count). The highest BCUT2D eigenvalue weighted by Gasteiger charge is 2.27. The Kier molecular flexibility index (Phi) is 29.1. The summed E-state index contributed by atoms with van der Waals surface area (Å²) in [6.45, 7) is 3.32. The van der Waals surface area contributed by atoms with Gasteiger partial charge in [0, 0.05) is 18.8 Å². The van der Waals surface area contributed by atoms with Gasteiger partial charge in [0.05, 0.1) is 12.7 Å². The van der Waals surface area contributed by atoms with Crippen molar-refractivity contribution >= 4 is 25.5 Å². The fourth-order valence-corrected chi connectivity index (χ4v) is 5.89. The van der Waals surface area contributed by atoms with Gasteiger partial charge in [0.15, 0.2) is 11.9 Å². The number of carbonyl (C=O) groups is 3. The topological polar surface area (TPSA) is 157 Å². The lowest BCUT2D eigenvalue weighted by molar-refractivity contribution is -0.161. The Morgan fingerprint density at radius 2 is 1.31 bits per heavy atom. The Balaban J connectivity index is 2.32.